The molecule has 1 fully saturated rings. The summed E-state index contributed by atoms with van der Waals surface area (Å²) in [5, 5.41) is 2.79. The summed E-state index contributed by atoms with van der Waals surface area (Å²) in [6.45, 7) is 1.37. The first-order valence-electron chi connectivity index (χ1n) is 5.92. The number of rotatable bonds is 4. The summed E-state index contributed by atoms with van der Waals surface area (Å²) >= 11 is 0. The van der Waals surface area contributed by atoms with E-state index in [1.807, 2.05) is 0 Å². The summed E-state index contributed by atoms with van der Waals surface area (Å²) in [7, 11) is -3.46. The van der Waals surface area contributed by atoms with Crippen molar-refractivity contribution in [3.63, 3.8) is 0 Å². The molecule has 5 nitrogen and oxygen atoms in total. The van der Waals surface area contributed by atoms with Crippen molar-refractivity contribution < 1.29 is 26.5 Å². The molecule has 1 atom stereocenters. The van der Waals surface area contributed by atoms with Crippen LogP contribution in [0.1, 0.15) is 31.2 Å². The average molecular weight is 295 g/mol. The van der Waals surface area contributed by atoms with Gasteiger partial charge in [0, 0.05) is 19.6 Å². The Morgan fingerprint density at radius 1 is 1.53 bits per heavy atom. The van der Waals surface area contributed by atoms with Crippen molar-refractivity contribution >= 4 is 9.84 Å². The number of ether oxygens (including phenoxy) is 1. The van der Waals surface area contributed by atoms with Gasteiger partial charge in [-0.05, 0) is 12.8 Å². The fourth-order valence-electron chi connectivity index (χ4n) is 1.91. The predicted molar refractivity (Wildman–Crippen MR) is 62.5 cm³/mol. The molecule has 0 N–H and O–H groups in total. The van der Waals surface area contributed by atoms with Crippen LogP contribution < -0.4 is 0 Å². The lowest BCUT2D eigenvalue weighted by molar-refractivity contribution is -0.0105. The summed E-state index contributed by atoms with van der Waals surface area (Å²) in [5.74, 6) is -4.19. The van der Waals surface area contributed by atoms with Gasteiger partial charge >= 0.3 is 5.92 Å². The summed E-state index contributed by atoms with van der Waals surface area (Å²) in [6.07, 6.45) is 1.21. The van der Waals surface area contributed by atoms with Gasteiger partial charge in [0.15, 0.2) is 9.84 Å². The molecule has 8 heteroatoms. The summed E-state index contributed by atoms with van der Waals surface area (Å²) < 4.78 is 59.6. The van der Waals surface area contributed by atoms with Gasteiger partial charge in [-0.3, -0.25) is 0 Å². The zero-order valence-electron chi connectivity index (χ0n) is 10.4. The van der Waals surface area contributed by atoms with Gasteiger partial charge in [-0.2, -0.15) is 8.78 Å². The van der Waals surface area contributed by atoms with E-state index in [4.69, 9.17) is 4.74 Å². The number of alkyl halides is 2. The molecule has 108 valence electrons. The number of sulfone groups is 1. The van der Waals surface area contributed by atoms with E-state index in [2.05, 4.69) is 9.68 Å². The molecule has 0 aliphatic carbocycles. The van der Waals surface area contributed by atoms with Crippen LogP contribution in [0.5, 0.6) is 0 Å². The van der Waals surface area contributed by atoms with Gasteiger partial charge in [-0.25, -0.2) is 8.42 Å². The number of halogens is 2. The molecule has 0 radical (unpaired) electrons. The Morgan fingerprint density at radius 3 is 2.79 bits per heavy atom. The van der Waals surface area contributed by atoms with Crippen LogP contribution in [0.25, 0.3) is 0 Å². The average Bonchev–Trinajstić information content (AvgIpc) is 2.78. The van der Waals surface area contributed by atoms with Crippen molar-refractivity contribution in [3.8, 4) is 0 Å². The lowest BCUT2D eigenvalue weighted by atomic mass is 10.2. The summed E-state index contributed by atoms with van der Waals surface area (Å²) in [4.78, 5) is 0. The Balaban J connectivity index is 2.09. The molecule has 1 aromatic rings. The first kappa shape index (κ1) is 14.4. The fraction of sp³-hybridized carbons (Fsp3) is 0.727. The molecule has 1 aromatic heterocycles. The number of aromatic nitrogens is 1. The Kier molecular flexibility index (Phi) is 3.91. The third-order valence-corrected chi connectivity index (χ3v) is 5.05. The van der Waals surface area contributed by atoms with Crippen LogP contribution in [0.4, 0.5) is 8.78 Å². The minimum Gasteiger partial charge on any atom is -0.380 e. The second-order valence-corrected chi connectivity index (χ2v) is 7.00. The molecule has 1 unspecified atom stereocenters. The highest BCUT2D eigenvalue weighted by Crippen LogP contribution is 2.28. The molecule has 1 aliphatic rings. The molecular weight excluding hydrogens is 280 g/mol. The van der Waals surface area contributed by atoms with Crippen molar-refractivity contribution in [2.45, 2.75) is 36.7 Å². The van der Waals surface area contributed by atoms with Gasteiger partial charge in [0.25, 0.3) is 0 Å². The van der Waals surface area contributed by atoms with Crippen molar-refractivity contribution in [1.29, 1.82) is 0 Å². The van der Waals surface area contributed by atoms with Crippen LogP contribution in [-0.4, -0.2) is 32.0 Å². The molecule has 0 aromatic carbocycles. The van der Waals surface area contributed by atoms with Crippen LogP contribution in [0.15, 0.2) is 10.6 Å². The van der Waals surface area contributed by atoms with E-state index in [1.165, 1.54) is 0 Å². The highest BCUT2D eigenvalue weighted by molar-refractivity contribution is 7.91. The third kappa shape index (κ3) is 3.50. The van der Waals surface area contributed by atoms with Gasteiger partial charge < -0.3 is 9.26 Å². The second kappa shape index (κ2) is 5.16. The lowest BCUT2D eigenvalue weighted by Crippen LogP contribution is -2.31. The van der Waals surface area contributed by atoms with Crippen LogP contribution >= 0.6 is 0 Å². The molecule has 2 heterocycles. The minimum absolute atomic E-state index is 0.00194. The van der Waals surface area contributed by atoms with E-state index in [9.17, 15) is 17.2 Å². The molecule has 19 heavy (non-hydrogen) atoms. The molecule has 0 saturated carbocycles. The standard InChI is InChI=1S/C11H15F2NO4S/c1-11(12,13)10-5-8(14-18-10)7-19(15,16)9-3-2-4-17-6-9/h5,9H,2-4,6-7H2,1H3. The molecule has 0 bridgehead atoms. The largest absolute Gasteiger partial charge is 0.380 e. The Labute approximate surface area is 109 Å². The fourth-order valence-corrected chi connectivity index (χ4v) is 3.52. The molecule has 1 saturated heterocycles. The van der Waals surface area contributed by atoms with E-state index in [1.54, 1.807) is 0 Å². The monoisotopic (exact) mass is 295 g/mol. The van der Waals surface area contributed by atoms with Gasteiger partial charge in [-0.1, -0.05) is 5.16 Å². The topological polar surface area (TPSA) is 69.4 Å². The van der Waals surface area contributed by atoms with Gasteiger partial charge in [0.1, 0.15) is 0 Å². The molecule has 1 aliphatic heterocycles. The van der Waals surface area contributed by atoms with Crippen LogP contribution in [0, 0.1) is 0 Å². The Morgan fingerprint density at radius 2 is 2.26 bits per heavy atom. The normalized spacial score (nSPS) is 21.5. The summed E-state index contributed by atoms with van der Waals surface area (Å²) in [6, 6.07) is 0.987. The first-order chi connectivity index (χ1) is 8.79. The van der Waals surface area contributed by atoms with Crippen LogP contribution in [0.3, 0.4) is 0 Å². The number of nitrogens with zero attached hydrogens (tertiary/aromatic N) is 1. The van der Waals surface area contributed by atoms with Crippen molar-refractivity contribution in [2.24, 2.45) is 0 Å². The zero-order valence-corrected chi connectivity index (χ0v) is 11.3. The van der Waals surface area contributed by atoms with Gasteiger partial charge in [-0.15, -0.1) is 0 Å². The number of hydrogen-bond donors (Lipinski definition) is 0. The maximum atomic E-state index is 13.0. The third-order valence-electron chi connectivity index (χ3n) is 2.97. The van der Waals surface area contributed by atoms with E-state index in [0.717, 1.165) is 6.07 Å². The van der Waals surface area contributed by atoms with E-state index >= 15 is 0 Å². The maximum absolute atomic E-state index is 13.0. The predicted octanol–water partition coefficient (Wildman–Crippen LogP) is 1.88. The Hall–Kier alpha value is -1.02. The SMILES string of the molecule is CC(F)(F)c1cc(CS(=O)(=O)C2CCCOC2)no1. The minimum atomic E-state index is -3.46. The van der Waals surface area contributed by atoms with Crippen molar-refractivity contribution in [2.75, 3.05) is 13.2 Å². The van der Waals surface area contributed by atoms with E-state index in [-0.39, 0.29) is 12.3 Å². The maximum Gasteiger partial charge on any atom is 0.304 e. The highest BCUT2D eigenvalue weighted by Gasteiger charge is 2.33. The van der Waals surface area contributed by atoms with Gasteiger partial charge in [0.2, 0.25) is 5.76 Å². The zero-order chi connectivity index (χ0) is 14.1. The first-order valence-corrected chi connectivity index (χ1v) is 7.64. The van der Waals surface area contributed by atoms with E-state index < -0.39 is 32.5 Å². The van der Waals surface area contributed by atoms with E-state index in [0.29, 0.717) is 26.4 Å². The number of hydrogen-bond acceptors (Lipinski definition) is 5. The second-order valence-electron chi connectivity index (χ2n) is 4.72. The molecule has 0 spiro atoms. The quantitative estimate of drug-likeness (QED) is 0.848. The van der Waals surface area contributed by atoms with Crippen LogP contribution in [-0.2, 0) is 26.2 Å². The smallest absolute Gasteiger partial charge is 0.304 e. The van der Waals surface area contributed by atoms with Crippen LogP contribution in [0.2, 0.25) is 0 Å². The lowest BCUT2D eigenvalue weighted by Gasteiger charge is -2.21. The molecule has 2 rings (SSSR count). The highest BCUT2D eigenvalue weighted by atomic mass is 32.2. The van der Waals surface area contributed by atoms with Crippen molar-refractivity contribution in [1.82, 2.24) is 5.16 Å². The molecule has 0 amide bonds. The Bertz CT molecular complexity index is 529. The van der Waals surface area contributed by atoms with Gasteiger partial charge in [0.05, 0.1) is 23.3 Å². The van der Waals surface area contributed by atoms with Crippen molar-refractivity contribution in [3.05, 3.63) is 17.5 Å². The molecular formula is C11H15F2NO4S. The summed E-state index contributed by atoms with van der Waals surface area (Å²) in [5.41, 5.74) is 0.00194.